The van der Waals surface area contributed by atoms with Crippen LogP contribution in [-0.4, -0.2) is 49.6 Å². The van der Waals surface area contributed by atoms with Gasteiger partial charge in [-0.15, -0.1) is 0 Å². The number of rotatable bonds is 7. The zero-order valence-electron chi connectivity index (χ0n) is 21.0. The molecule has 202 valence electrons. The van der Waals surface area contributed by atoms with Crippen LogP contribution in [0.4, 0.5) is 23.2 Å². The molecule has 1 aromatic heterocycles. The number of benzene rings is 3. The second-order valence-electron chi connectivity index (χ2n) is 8.83. The number of carboxylic acid groups (broad SMARTS) is 1. The minimum Gasteiger partial charge on any atom is -0.550 e. The number of carboxylic acids is 1. The molecule has 0 aliphatic carbocycles. The molecule has 0 aliphatic heterocycles. The van der Waals surface area contributed by atoms with E-state index >= 15 is 0 Å². The molecule has 0 fully saturated rings. The second-order valence-corrected chi connectivity index (χ2v) is 9.23. The number of alkyl halides is 3. The van der Waals surface area contributed by atoms with Crippen LogP contribution in [0.25, 0.3) is 22.1 Å². The molecular weight excluding hydrogens is 582 g/mol. The van der Waals surface area contributed by atoms with Crippen LogP contribution in [-0.2, 0) is 28.6 Å². The first-order valence-corrected chi connectivity index (χ1v) is 11.9. The van der Waals surface area contributed by atoms with Gasteiger partial charge in [0.25, 0.3) is 0 Å². The second kappa shape index (κ2) is 12.7. The standard InChI is InChI=1S/C28H20ClF4NO5.Ca/c1-14-9-18-23(13-21(14)29)39-27(38)19(26(18)16-4-2-3-15(10-16)5-8-25(36)37)12-24(35)34-22-7-6-17(30)11-20(22)28(31,32)33;/h2-4,6-7,9-11,13H,5,8,12H2,1H3,(H,34,35)(H,36,37);/q;+2/p-1. The smallest absolute Gasteiger partial charge is 0.550 e. The number of hydrogen-bond acceptors (Lipinski definition) is 5. The minimum absolute atomic E-state index is 0. The Morgan fingerprint density at radius 2 is 1.80 bits per heavy atom. The summed E-state index contributed by atoms with van der Waals surface area (Å²) in [6.45, 7) is 1.71. The fourth-order valence-corrected chi connectivity index (χ4v) is 4.36. The fourth-order valence-electron chi connectivity index (χ4n) is 4.20. The van der Waals surface area contributed by atoms with Crippen LogP contribution in [0, 0.1) is 12.7 Å². The predicted octanol–water partition coefficient (Wildman–Crippen LogP) is 5.06. The summed E-state index contributed by atoms with van der Waals surface area (Å²) in [4.78, 5) is 36.9. The van der Waals surface area contributed by atoms with E-state index in [1.807, 2.05) is 0 Å². The van der Waals surface area contributed by atoms with Crippen molar-refractivity contribution < 1.29 is 36.7 Å². The normalized spacial score (nSPS) is 11.2. The van der Waals surface area contributed by atoms with E-state index in [-0.39, 0.29) is 73.4 Å². The number of halogens is 5. The quantitative estimate of drug-likeness (QED) is 0.182. The van der Waals surface area contributed by atoms with Crippen LogP contribution in [0.2, 0.25) is 5.02 Å². The Labute approximate surface area is 259 Å². The molecule has 6 nitrogen and oxygen atoms in total. The summed E-state index contributed by atoms with van der Waals surface area (Å²) in [5.41, 5.74) is -1.03. The number of amides is 1. The summed E-state index contributed by atoms with van der Waals surface area (Å²) in [6, 6.07) is 11.5. The molecule has 0 spiro atoms. The predicted molar refractivity (Wildman–Crippen MR) is 140 cm³/mol. The van der Waals surface area contributed by atoms with Gasteiger partial charge in [0.1, 0.15) is 11.4 Å². The topological polar surface area (TPSA) is 99.4 Å². The van der Waals surface area contributed by atoms with E-state index < -0.39 is 47.2 Å². The average molecular weight is 601 g/mol. The van der Waals surface area contributed by atoms with Gasteiger partial charge >= 0.3 is 49.5 Å². The van der Waals surface area contributed by atoms with Gasteiger partial charge in [0.15, 0.2) is 0 Å². The number of carbonyl (C=O) groups is 2. The molecule has 4 rings (SSSR count). The van der Waals surface area contributed by atoms with Crippen LogP contribution in [0.3, 0.4) is 0 Å². The van der Waals surface area contributed by atoms with Crippen molar-refractivity contribution in [3.8, 4) is 11.1 Å². The van der Waals surface area contributed by atoms with Gasteiger partial charge in [-0.2, -0.15) is 13.2 Å². The summed E-state index contributed by atoms with van der Waals surface area (Å²) in [7, 11) is 0. The Balaban J connectivity index is 0.00000441. The molecule has 0 atom stereocenters. The van der Waals surface area contributed by atoms with Crippen molar-refractivity contribution in [1.29, 1.82) is 0 Å². The van der Waals surface area contributed by atoms with Gasteiger partial charge in [-0.05, 0) is 60.7 Å². The summed E-state index contributed by atoms with van der Waals surface area (Å²) in [6.07, 6.45) is -5.72. The SMILES string of the molecule is Cc1cc2c(-c3cccc(CCC(=O)[O-])c3)c(CC(=O)Nc3ccc(F)cc3C(F)(F)F)c(=O)oc2cc1Cl.[Ca+2]. The number of aryl methyl sites for hydroxylation is 2. The monoisotopic (exact) mass is 600 g/mol. The Morgan fingerprint density at radius 3 is 2.48 bits per heavy atom. The summed E-state index contributed by atoms with van der Waals surface area (Å²) < 4.78 is 59.1. The Hall–Kier alpha value is -2.92. The average Bonchev–Trinajstić information content (AvgIpc) is 2.85. The van der Waals surface area contributed by atoms with Crippen LogP contribution >= 0.6 is 11.6 Å². The van der Waals surface area contributed by atoms with Crippen molar-refractivity contribution in [2.45, 2.75) is 32.4 Å². The Bertz CT molecular complexity index is 1670. The van der Waals surface area contributed by atoms with Crippen LogP contribution < -0.4 is 16.0 Å². The molecule has 1 heterocycles. The number of fused-ring (bicyclic) bond motifs is 1. The van der Waals surface area contributed by atoms with Crippen molar-refractivity contribution in [1.82, 2.24) is 0 Å². The minimum atomic E-state index is -4.94. The van der Waals surface area contributed by atoms with E-state index in [0.717, 1.165) is 12.1 Å². The number of aliphatic carboxylic acids is 1. The van der Waals surface area contributed by atoms with Crippen molar-refractivity contribution >= 4 is 77.9 Å². The van der Waals surface area contributed by atoms with Gasteiger partial charge in [0, 0.05) is 28.0 Å². The molecule has 0 saturated carbocycles. The Morgan fingerprint density at radius 1 is 1.07 bits per heavy atom. The van der Waals surface area contributed by atoms with Gasteiger partial charge in [-0.25, -0.2) is 9.18 Å². The molecule has 1 amide bonds. The van der Waals surface area contributed by atoms with E-state index in [9.17, 15) is 37.1 Å². The zero-order valence-corrected chi connectivity index (χ0v) is 23.9. The first-order chi connectivity index (χ1) is 18.3. The van der Waals surface area contributed by atoms with E-state index in [1.54, 1.807) is 37.3 Å². The third kappa shape index (κ3) is 7.23. The maximum Gasteiger partial charge on any atom is 2.00 e. The molecule has 12 heteroatoms. The van der Waals surface area contributed by atoms with E-state index in [1.165, 1.54) is 6.07 Å². The van der Waals surface area contributed by atoms with Gasteiger partial charge in [0.2, 0.25) is 5.91 Å². The third-order valence-electron chi connectivity index (χ3n) is 6.01. The molecule has 0 saturated heterocycles. The molecule has 0 aliphatic rings. The molecule has 4 aromatic rings. The molecular formula is C28H19CaClF4NO5+. The number of carbonyl (C=O) groups excluding carboxylic acids is 2. The van der Waals surface area contributed by atoms with Crippen LogP contribution in [0.1, 0.15) is 28.7 Å². The first-order valence-electron chi connectivity index (χ1n) is 11.5. The van der Waals surface area contributed by atoms with Crippen molar-refractivity contribution in [2.75, 3.05) is 5.32 Å². The third-order valence-corrected chi connectivity index (χ3v) is 6.42. The van der Waals surface area contributed by atoms with E-state index in [4.69, 9.17) is 16.0 Å². The largest absolute Gasteiger partial charge is 2.00 e. The van der Waals surface area contributed by atoms with Crippen molar-refractivity contribution in [2.24, 2.45) is 0 Å². The summed E-state index contributed by atoms with van der Waals surface area (Å²) >= 11 is 6.21. The maximum absolute atomic E-state index is 13.5. The van der Waals surface area contributed by atoms with Crippen molar-refractivity contribution in [3.05, 3.63) is 98.1 Å². The number of anilines is 1. The van der Waals surface area contributed by atoms with Gasteiger partial charge in [-0.3, -0.25) is 4.79 Å². The summed E-state index contributed by atoms with van der Waals surface area (Å²) in [5, 5.41) is 13.8. The zero-order chi connectivity index (χ0) is 28.5. The van der Waals surface area contributed by atoms with Crippen LogP contribution in [0.5, 0.6) is 0 Å². The van der Waals surface area contributed by atoms with Gasteiger partial charge in [-0.1, -0.05) is 35.9 Å². The molecule has 0 radical (unpaired) electrons. The van der Waals surface area contributed by atoms with E-state index in [2.05, 4.69) is 5.32 Å². The maximum atomic E-state index is 13.5. The molecule has 40 heavy (non-hydrogen) atoms. The summed E-state index contributed by atoms with van der Waals surface area (Å²) in [5.74, 6) is -3.35. The number of hydrogen-bond donors (Lipinski definition) is 1. The molecule has 3 aromatic carbocycles. The molecule has 0 bridgehead atoms. The van der Waals surface area contributed by atoms with E-state index in [0.29, 0.717) is 27.1 Å². The van der Waals surface area contributed by atoms with Crippen LogP contribution in [0.15, 0.2) is 63.8 Å². The van der Waals surface area contributed by atoms with Gasteiger partial charge in [0.05, 0.1) is 23.2 Å². The van der Waals surface area contributed by atoms with Gasteiger partial charge < -0.3 is 19.6 Å². The number of nitrogens with one attached hydrogen (secondary N) is 1. The Kier molecular flexibility index (Phi) is 10.1. The fraction of sp³-hybridized carbons (Fsp3) is 0.179. The first kappa shape index (κ1) is 31.6. The molecule has 0 unspecified atom stereocenters. The molecule has 1 N–H and O–H groups in total. The van der Waals surface area contributed by atoms with Crippen molar-refractivity contribution in [3.63, 3.8) is 0 Å².